The minimum Gasteiger partial charge on any atom is -0.397 e. The molecule has 1 heterocycles. The quantitative estimate of drug-likeness (QED) is 0.741. The second-order valence-corrected chi connectivity index (χ2v) is 3.54. The highest BCUT2D eigenvalue weighted by Crippen LogP contribution is 2.20. The third-order valence-electron chi connectivity index (χ3n) is 2.20. The number of nitrogen functional groups attached to an aromatic ring is 1. The highest BCUT2D eigenvalue weighted by Gasteiger charge is 1.99. The van der Waals surface area contributed by atoms with Gasteiger partial charge in [0, 0.05) is 25.2 Å². The Hall–Kier alpha value is -1.77. The summed E-state index contributed by atoms with van der Waals surface area (Å²) in [7, 11) is 4.03. The average Bonchev–Trinajstić information content (AvgIpc) is 2.16. The van der Waals surface area contributed by atoms with Gasteiger partial charge in [-0.15, -0.1) is 0 Å². The van der Waals surface area contributed by atoms with Crippen molar-refractivity contribution in [1.29, 1.82) is 0 Å². The maximum atomic E-state index is 5.67. The van der Waals surface area contributed by atoms with E-state index in [1.165, 1.54) is 0 Å². The van der Waals surface area contributed by atoms with Gasteiger partial charge in [0.05, 0.1) is 17.4 Å². The Kier molecular flexibility index (Phi) is 2.00. The van der Waals surface area contributed by atoms with Crippen LogP contribution in [0, 0.1) is 0 Å². The molecule has 0 unspecified atom stereocenters. The number of benzene rings is 1. The summed E-state index contributed by atoms with van der Waals surface area (Å²) in [6.07, 6.45) is 1.68. The lowest BCUT2D eigenvalue weighted by Gasteiger charge is -2.12. The summed E-state index contributed by atoms with van der Waals surface area (Å²) in [6.45, 7) is 0. The second kappa shape index (κ2) is 3.18. The van der Waals surface area contributed by atoms with Crippen LogP contribution in [0.3, 0.4) is 0 Å². The van der Waals surface area contributed by atoms with Crippen LogP contribution in [-0.2, 0) is 0 Å². The summed E-state index contributed by atoms with van der Waals surface area (Å²) >= 11 is 0. The maximum Gasteiger partial charge on any atom is 0.0705 e. The number of nitrogens with zero attached hydrogens (tertiary/aromatic N) is 2. The van der Waals surface area contributed by atoms with Gasteiger partial charge >= 0.3 is 0 Å². The van der Waals surface area contributed by atoms with Crippen molar-refractivity contribution in [3.05, 3.63) is 30.5 Å². The highest BCUT2D eigenvalue weighted by molar-refractivity contribution is 5.84. The summed E-state index contributed by atoms with van der Waals surface area (Å²) < 4.78 is 0. The largest absolute Gasteiger partial charge is 0.397 e. The standard InChI is InChI=1S/C11H13N3/c1-14(2)10-3-4-11-8(6-10)5-9(12)7-13-11/h3-7H,12H2,1-2H3. The molecular formula is C11H13N3. The molecule has 0 aliphatic heterocycles. The van der Waals surface area contributed by atoms with Gasteiger partial charge in [-0.1, -0.05) is 0 Å². The molecule has 1 aromatic carbocycles. The molecule has 0 aliphatic rings. The first-order valence-corrected chi connectivity index (χ1v) is 4.49. The fourth-order valence-electron chi connectivity index (χ4n) is 1.41. The predicted molar refractivity (Wildman–Crippen MR) is 60.5 cm³/mol. The zero-order valence-electron chi connectivity index (χ0n) is 8.36. The van der Waals surface area contributed by atoms with Crippen LogP contribution in [0.2, 0.25) is 0 Å². The first-order valence-electron chi connectivity index (χ1n) is 4.49. The average molecular weight is 187 g/mol. The molecule has 0 saturated carbocycles. The number of rotatable bonds is 1. The molecule has 2 rings (SSSR count). The van der Waals surface area contributed by atoms with Gasteiger partial charge in [-0.05, 0) is 24.3 Å². The van der Waals surface area contributed by atoms with Crippen molar-refractivity contribution in [3.8, 4) is 0 Å². The molecule has 2 aromatic rings. The minimum atomic E-state index is 0.702. The van der Waals surface area contributed by atoms with Crippen molar-refractivity contribution in [2.24, 2.45) is 0 Å². The Morgan fingerprint density at radius 1 is 1.21 bits per heavy atom. The predicted octanol–water partition coefficient (Wildman–Crippen LogP) is 1.88. The summed E-state index contributed by atoms with van der Waals surface area (Å²) in [6, 6.07) is 8.07. The molecule has 0 aliphatic carbocycles. The van der Waals surface area contributed by atoms with E-state index in [0.717, 1.165) is 16.6 Å². The normalized spacial score (nSPS) is 10.4. The van der Waals surface area contributed by atoms with E-state index in [0.29, 0.717) is 5.69 Å². The molecule has 3 nitrogen and oxygen atoms in total. The van der Waals surface area contributed by atoms with Crippen LogP contribution >= 0.6 is 0 Å². The maximum absolute atomic E-state index is 5.67. The van der Waals surface area contributed by atoms with Crippen LogP contribution in [0.15, 0.2) is 30.5 Å². The number of fused-ring (bicyclic) bond motifs is 1. The SMILES string of the molecule is CN(C)c1ccc2ncc(N)cc2c1. The van der Waals surface area contributed by atoms with Gasteiger partial charge in [-0.3, -0.25) is 4.98 Å². The molecule has 2 N–H and O–H groups in total. The van der Waals surface area contributed by atoms with E-state index in [1.54, 1.807) is 6.20 Å². The number of hydrogen-bond acceptors (Lipinski definition) is 3. The molecule has 14 heavy (non-hydrogen) atoms. The van der Waals surface area contributed by atoms with E-state index < -0.39 is 0 Å². The Morgan fingerprint density at radius 2 is 2.00 bits per heavy atom. The molecule has 0 saturated heterocycles. The molecule has 0 bridgehead atoms. The molecule has 1 aromatic heterocycles. The lowest BCUT2D eigenvalue weighted by molar-refractivity contribution is 1.13. The fourth-order valence-corrected chi connectivity index (χ4v) is 1.41. The van der Waals surface area contributed by atoms with Gasteiger partial charge in [0.25, 0.3) is 0 Å². The van der Waals surface area contributed by atoms with E-state index in [2.05, 4.69) is 16.0 Å². The van der Waals surface area contributed by atoms with Crippen LogP contribution in [0.25, 0.3) is 10.9 Å². The first kappa shape index (κ1) is 8.81. The summed E-state index contributed by atoms with van der Waals surface area (Å²) in [4.78, 5) is 6.30. The summed E-state index contributed by atoms with van der Waals surface area (Å²) in [5.41, 5.74) is 8.51. The molecule has 0 fully saturated rings. The topological polar surface area (TPSA) is 42.2 Å². The van der Waals surface area contributed by atoms with Crippen LogP contribution in [0.1, 0.15) is 0 Å². The number of pyridine rings is 1. The lowest BCUT2D eigenvalue weighted by atomic mass is 10.2. The van der Waals surface area contributed by atoms with E-state index in [1.807, 2.05) is 32.3 Å². The third kappa shape index (κ3) is 1.48. The first-order chi connectivity index (χ1) is 6.66. The van der Waals surface area contributed by atoms with Crippen molar-refractivity contribution < 1.29 is 0 Å². The Bertz CT molecular complexity index is 463. The van der Waals surface area contributed by atoms with Gasteiger partial charge in [0.2, 0.25) is 0 Å². The van der Waals surface area contributed by atoms with Crippen molar-refractivity contribution in [1.82, 2.24) is 4.98 Å². The summed E-state index contributed by atoms with van der Waals surface area (Å²) in [5, 5.41) is 1.08. The van der Waals surface area contributed by atoms with Gasteiger partial charge < -0.3 is 10.6 Å². The van der Waals surface area contributed by atoms with E-state index in [4.69, 9.17) is 5.73 Å². The van der Waals surface area contributed by atoms with Crippen LogP contribution in [0.4, 0.5) is 11.4 Å². The zero-order valence-corrected chi connectivity index (χ0v) is 8.36. The lowest BCUT2D eigenvalue weighted by Crippen LogP contribution is -2.08. The monoisotopic (exact) mass is 187 g/mol. The molecule has 0 radical (unpaired) electrons. The number of aromatic nitrogens is 1. The van der Waals surface area contributed by atoms with E-state index >= 15 is 0 Å². The second-order valence-electron chi connectivity index (χ2n) is 3.54. The Labute approximate surface area is 83.2 Å². The molecule has 72 valence electrons. The van der Waals surface area contributed by atoms with Crippen molar-refractivity contribution in [3.63, 3.8) is 0 Å². The Morgan fingerprint density at radius 3 is 2.71 bits per heavy atom. The van der Waals surface area contributed by atoms with Crippen molar-refractivity contribution in [2.75, 3.05) is 24.7 Å². The van der Waals surface area contributed by atoms with Crippen molar-refractivity contribution in [2.45, 2.75) is 0 Å². The molecular weight excluding hydrogens is 174 g/mol. The molecule has 0 amide bonds. The van der Waals surface area contributed by atoms with Crippen LogP contribution in [0.5, 0.6) is 0 Å². The number of anilines is 2. The van der Waals surface area contributed by atoms with Gasteiger partial charge in [-0.2, -0.15) is 0 Å². The van der Waals surface area contributed by atoms with Crippen molar-refractivity contribution >= 4 is 22.3 Å². The Balaban J connectivity index is 2.63. The van der Waals surface area contributed by atoms with E-state index in [9.17, 15) is 0 Å². The van der Waals surface area contributed by atoms with Crippen LogP contribution < -0.4 is 10.6 Å². The number of nitrogens with two attached hydrogens (primary N) is 1. The minimum absolute atomic E-state index is 0.702. The third-order valence-corrected chi connectivity index (χ3v) is 2.20. The molecule has 0 spiro atoms. The smallest absolute Gasteiger partial charge is 0.0705 e. The van der Waals surface area contributed by atoms with Crippen LogP contribution in [-0.4, -0.2) is 19.1 Å². The zero-order chi connectivity index (χ0) is 10.1. The highest BCUT2D eigenvalue weighted by atomic mass is 15.1. The van der Waals surface area contributed by atoms with Gasteiger partial charge in [-0.25, -0.2) is 0 Å². The summed E-state index contributed by atoms with van der Waals surface area (Å²) in [5.74, 6) is 0. The van der Waals surface area contributed by atoms with Gasteiger partial charge in [0.1, 0.15) is 0 Å². The van der Waals surface area contributed by atoms with E-state index in [-0.39, 0.29) is 0 Å². The van der Waals surface area contributed by atoms with Gasteiger partial charge in [0.15, 0.2) is 0 Å². The molecule has 0 atom stereocenters. The number of hydrogen-bond donors (Lipinski definition) is 1. The fraction of sp³-hybridized carbons (Fsp3) is 0.182. The molecule has 3 heteroatoms.